The van der Waals surface area contributed by atoms with E-state index in [1.807, 2.05) is 6.92 Å². The van der Waals surface area contributed by atoms with E-state index in [0.29, 0.717) is 6.42 Å². The molecule has 1 N–H and O–H groups in total. The summed E-state index contributed by atoms with van der Waals surface area (Å²) in [6.45, 7) is 2.30. The van der Waals surface area contributed by atoms with Gasteiger partial charge in [0.25, 0.3) is 10.1 Å². The second-order valence-corrected chi connectivity index (χ2v) is 6.97. The monoisotopic (exact) mass is 304 g/mol. The minimum absolute atomic E-state index is 0.197. The molecule has 0 saturated heterocycles. The number of aryl methyl sites for hydroxylation is 1. The Balaban J connectivity index is 2.29. The first-order valence-corrected chi connectivity index (χ1v) is 8.77. The standard InChI is InChI=1S/C13H20O4S2/c1-12-4-6-13(7-5-12)19(15,16)17-9-3-11-18-10-2-8-14/h4-7,14H,2-3,8-11H2,1H3. The first-order chi connectivity index (χ1) is 9.06. The van der Waals surface area contributed by atoms with Gasteiger partial charge in [-0.1, -0.05) is 17.7 Å². The molecule has 4 nitrogen and oxygen atoms in total. The van der Waals surface area contributed by atoms with Crippen LogP contribution in [0.1, 0.15) is 18.4 Å². The number of benzene rings is 1. The first-order valence-electron chi connectivity index (χ1n) is 6.21. The molecule has 0 saturated carbocycles. The van der Waals surface area contributed by atoms with Crippen LogP contribution in [-0.4, -0.2) is 38.2 Å². The van der Waals surface area contributed by atoms with E-state index in [4.69, 9.17) is 9.29 Å². The Bertz CT molecular complexity index is 454. The lowest BCUT2D eigenvalue weighted by atomic mass is 10.2. The highest BCUT2D eigenvalue weighted by atomic mass is 32.2. The summed E-state index contributed by atoms with van der Waals surface area (Å²) >= 11 is 1.69. The number of aliphatic hydroxyl groups is 1. The predicted molar refractivity (Wildman–Crippen MR) is 78.0 cm³/mol. The molecular formula is C13H20O4S2. The van der Waals surface area contributed by atoms with Gasteiger partial charge in [0.15, 0.2) is 0 Å². The molecule has 0 aromatic heterocycles. The Morgan fingerprint density at radius 2 is 1.79 bits per heavy atom. The second-order valence-electron chi connectivity index (χ2n) is 4.13. The van der Waals surface area contributed by atoms with Gasteiger partial charge in [0.2, 0.25) is 0 Å². The lowest BCUT2D eigenvalue weighted by Gasteiger charge is -2.06. The molecule has 0 heterocycles. The Hall–Kier alpha value is -0.560. The second kappa shape index (κ2) is 8.58. The number of hydrogen-bond donors (Lipinski definition) is 1. The normalized spacial score (nSPS) is 11.7. The van der Waals surface area contributed by atoms with Crippen LogP contribution >= 0.6 is 11.8 Å². The van der Waals surface area contributed by atoms with Crippen LogP contribution in [0.4, 0.5) is 0 Å². The van der Waals surface area contributed by atoms with Gasteiger partial charge in [0.05, 0.1) is 11.5 Å². The quantitative estimate of drug-likeness (QED) is 0.560. The smallest absolute Gasteiger partial charge is 0.296 e. The molecule has 0 aliphatic heterocycles. The molecule has 0 fully saturated rings. The zero-order valence-corrected chi connectivity index (χ0v) is 12.7. The van der Waals surface area contributed by atoms with Crippen LogP contribution in [0, 0.1) is 6.92 Å². The summed E-state index contributed by atoms with van der Waals surface area (Å²) in [5, 5.41) is 8.60. The largest absolute Gasteiger partial charge is 0.396 e. The van der Waals surface area contributed by atoms with Crippen molar-refractivity contribution in [3.05, 3.63) is 29.8 Å². The predicted octanol–water partition coefficient (Wildman–Crippen LogP) is 2.21. The number of thioether (sulfide) groups is 1. The van der Waals surface area contributed by atoms with Crippen molar-refractivity contribution in [2.24, 2.45) is 0 Å². The molecule has 0 aliphatic rings. The van der Waals surface area contributed by atoms with Crippen LogP contribution in [0.15, 0.2) is 29.2 Å². The molecule has 0 amide bonds. The van der Waals surface area contributed by atoms with E-state index in [9.17, 15) is 8.42 Å². The van der Waals surface area contributed by atoms with Crippen LogP contribution in [0.2, 0.25) is 0 Å². The fourth-order valence-electron chi connectivity index (χ4n) is 1.37. The maximum absolute atomic E-state index is 11.8. The third kappa shape index (κ3) is 6.42. The molecule has 108 valence electrons. The fourth-order valence-corrected chi connectivity index (χ4v) is 3.17. The topological polar surface area (TPSA) is 63.6 Å². The van der Waals surface area contributed by atoms with Gasteiger partial charge in [-0.05, 0) is 43.4 Å². The molecule has 1 rings (SSSR count). The van der Waals surface area contributed by atoms with Gasteiger partial charge in [-0.3, -0.25) is 4.18 Å². The lowest BCUT2D eigenvalue weighted by Crippen LogP contribution is -2.08. The van der Waals surface area contributed by atoms with Crippen molar-refractivity contribution in [3.63, 3.8) is 0 Å². The van der Waals surface area contributed by atoms with Gasteiger partial charge in [0, 0.05) is 6.61 Å². The van der Waals surface area contributed by atoms with Gasteiger partial charge in [0.1, 0.15) is 0 Å². The number of aliphatic hydroxyl groups excluding tert-OH is 1. The summed E-state index contributed by atoms with van der Waals surface area (Å²) in [6.07, 6.45) is 1.45. The molecule has 0 aliphatic carbocycles. The van der Waals surface area contributed by atoms with Crippen molar-refractivity contribution >= 4 is 21.9 Å². The molecular weight excluding hydrogens is 284 g/mol. The van der Waals surface area contributed by atoms with Crippen molar-refractivity contribution in [3.8, 4) is 0 Å². The van der Waals surface area contributed by atoms with Crippen molar-refractivity contribution in [1.29, 1.82) is 0 Å². The molecule has 0 unspecified atom stereocenters. The highest BCUT2D eigenvalue weighted by Gasteiger charge is 2.14. The van der Waals surface area contributed by atoms with Crippen LogP contribution in [0.5, 0.6) is 0 Å². The minimum Gasteiger partial charge on any atom is -0.396 e. The third-order valence-electron chi connectivity index (χ3n) is 2.43. The van der Waals surface area contributed by atoms with Crippen LogP contribution < -0.4 is 0 Å². The molecule has 1 aromatic carbocycles. The SMILES string of the molecule is Cc1ccc(S(=O)(=O)OCCCSCCCO)cc1. The molecule has 6 heteroatoms. The average Bonchev–Trinajstić information content (AvgIpc) is 2.38. The highest BCUT2D eigenvalue weighted by molar-refractivity contribution is 7.99. The summed E-state index contributed by atoms with van der Waals surface area (Å²) < 4.78 is 28.6. The van der Waals surface area contributed by atoms with Gasteiger partial charge >= 0.3 is 0 Å². The van der Waals surface area contributed by atoms with Gasteiger partial charge in [-0.2, -0.15) is 20.2 Å². The Kier molecular flexibility index (Phi) is 7.45. The molecule has 19 heavy (non-hydrogen) atoms. The number of rotatable bonds is 9. The lowest BCUT2D eigenvalue weighted by molar-refractivity contribution is 0.296. The summed E-state index contributed by atoms with van der Waals surface area (Å²) in [7, 11) is -3.62. The van der Waals surface area contributed by atoms with Crippen molar-refractivity contribution in [2.75, 3.05) is 24.7 Å². The van der Waals surface area contributed by atoms with E-state index in [0.717, 1.165) is 23.5 Å². The Morgan fingerprint density at radius 3 is 2.42 bits per heavy atom. The fraction of sp³-hybridized carbons (Fsp3) is 0.538. The van der Waals surface area contributed by atoms with E-state index in [-0.39, 0.29) is 18.1 Å². The molecule has 0 radical (unpaired) electrons. The Morgan fingerprint density at radius 1 is 1.16 bits per heavy atom. The van der Waals surface area contributed by atoms with Crippen molar-refractivity contribution in [2.45, 2.75) is 24.7 Å². The summed E-state index contributed by atoms with van der Waals surface area (Å²) in [5.41, 5.74) is 1.01. The molecule has 1 aromatic rings. The zero-order valence-electron chi connectivity index (χ0n) is 11.0. The van der Waals surface area contributed by atoms with E-state index < -0.39 is 10.1 Å². The zero-order chi connectivity index (χ0) is 14.1. The van der Waals surface area contributed by atoms with Crippen LogP contribution in [0.25, 0.3) is 0 Å². The van der Waals surface area contributed by atoms with Gasteiger partial charge in [-0.15, -0.1) is 0 Å². The van der Waals surface area contributed by atoms with Crippen molar-refractivity contribution in [1.82, 2.24) is 0 Å². The summed E-state index contributed by atoms with van der Waals surface area (Å²) in [4.78, 5) is 0.200. The summed E-state index contributed by atoms with van der Waals surface area (Å²) in [5.74, 6) is 1.73. The molecule has 0 spiro atoms. The van der Waals surface area contributed by atoms with E-state index in [2.05, 4.69) is 0 Å². The van der Waals surface area contributed by atoms with Gasteiger partial charge < -0.3 is 5.11 Å². The van der Waals surface area contributed by atoms with Crippen molar-refractivity contribution < 1.29 is 17.7 Å². The van der Waals surface area contributed by atoms with Crippen LogP contribution in [0.3, 0.4) is 0 Å². The summed E-state index contributed by atoms with van der Waals surface area (Å²) in [6, 6.07) is 6.61. The minimum atomic E-state index is -3.62. The van der Waals surface area contributed by atoms with Gasteiger partial charge in [-0.25, -0.2) is 0 Å². The first kappa shape index (κ1) is 16.5. The highest BCUT2D eigenvalue weighted by Crippen LogP contribution is 2.14. The van der Waals surface area contributed by atoms with E-state index in [1.165, 1.54) is 0 Å². The molecule has 0 bridgehead atoms. The third-order valence-corrected chi connectivity index (χ3v) is 4.91. The maximum Gasteiger partial charge on any atom is 0.296 e. The van der Waals surface area contributed by atoms with E-state index in [1.54, 1.807) is 36.0 Å². The van der Waals surface area contributed by atoms with E-state index >= 15 is 0 Å². The van der Waals surface area contributed by atoms with Crippen LogP contribution in [-0.2, 0) is 14.3 Å². The molecule has 0 atom stereocenters. The average molecular weight is 304 g/mol. The maximum atomic E-state index is 11.8. The Labute approximate surface area is 119 Å². The number of hydrogen-bond acceptors (Lipinski definition) is 5.